The Morgan fingerprint density at radius 3 is 2.56 bits per heavy atom. The normalized spacial score (nSPS) is 14.3. The van der Waals surface area contributed by atoms with E-state index < -0.39 is 0 Å². The molecule has 0 radical (unpaired) electrons. The number of carbonyl (C=O) groups excluding carboxylic acids is 2. The van der Waals surface area contributed by atoms with E-state index >= 15 is 0 Å². The molecule has 1 fully saturated rings. The maximum atomic E-state index is 13.3. The molecule has 1 aliphatic rings. The lowest BCUT2D eigenvalue weighted by Crippen LogP contribution is -2.40. The third-order valence-corrected chi connectivity index (χ3v) is 6.76. The van der Waals surface area contributed by atoms with E-state index in [9.17, 15) is 14.9 Å². The van der Waals surface area contributed by atoms with Crippen molar-refractivity contribution in [2.45, 2.75) is 19.8 Å². The number of aromatic nitrogens is 1. The SMILES string of the molecule is CCOC(=O)C1CCN(C(=O)c2sc3nc(N)c(C#N)c(-c4ccccc4)c3c2N)CC1. The number of piperidine rings is 1. The largest absolute Gasteiger partial charge is 0.466 e. The van der Waals surface area contributed by atoms with Crippen molar-refractivity contribution in [3.05, 3.63) is 40.8 Å². The second-order valence-electron chi connectivity index (χ2n) is 7.57. The number of nitrogens with two attached hydrogens (primary N) is 2. The molecule has 0 spiro atoms. The number of nitriles is 1. The molecule has 1 aliphatic heterocycles. The molecule has 0 unspecified atom stereocenters. The second-order valence-corrected chi connectivity index (χ2v) is 8.57. The van der Waals surface area contributed by atoms with Crippen LogP contribution in [0.25, 0.3) is 21.3 Å². The van der Waals surface area contributed by atoms with Crippen molar-refractivity contribution < 1.29 is 14.3 Å². The first-order valence-electron chi connectivity index (χ1n) is 10.4. The number of nitrogens with zero attached hydrogens (tertiary/aromatic N) is 3. The molecular formula is C23H23N5O3S. The number of esters is 1. The summed E-state index contributed by atoms with van der Waals surface area (Å²) in [4.78, 5) is 32.2. The van der Waals surface area contributed by atoms with E-state index in [0.29, 0.717) is 58.9 Å². The Morgan fingerprint density at radius 1 is 1.25 bits per heavy atom. The monoisotopic (exact) mass is 449 g/mol. The molecular weight excluding hydrogens is 426 g/mol. The number of likely N-dealkylation sites (tertiary alicyclic amines) is 1. The standard InChI is InChI=1S/C23H23N5O3S/c1-2-31-23(30)14-8-10-28(11-9-14)22(29)19-18(25)17-16(13-6-4-3-5-7-13)15(12-24)20(26)27-21(17)32-19/h3-7,14H,2,8-11,25H2,1H3,(H2,26,27). The fraction of sp³-hybridized carbons (Fsp3) is 0.304. The van der Waals surface area contributed by atoms with E-state index in [1.54, 1.807) is 11.8 Å². The van der Waals surface area contributed by atoms with Gasteiger partial charge >= 0.3 is 5.97 Å². The Balaban J connectivity index is 1.71. The number of ether oxygens (including phenoxy) is 1. The zero-order valence-corrected chi connectivity index (χ0v) is 18.4. The second kappa shape index (κ2) is 8.85. The predicted molar refractivity (Wildman–Crippen MR) is 124 cm³/mol. The van der Waals surface area contributed by atoms with Gasteiger partial charge in [0.05, 0.1) is 18.2 Å². The van der Waals surface area contributed by atoms with Gasteiger partial charge in [-0.2, -0.15) is 5.26 Å². The quantitative estimate of drug-likeness (QED) is 0.583. The molecule has 0 saturated carbocycles. The van der Waals surface area contributed by atoms with Crippen LogP contribution in [0.15, 0.2) is 30.3 Å². The number of fused-ring (bicyclic) bond motifs is 1. The molecule has 1 saturated heterocycles. The highest BCUT2D eigenvalue weighted by molar-refractivity contribution is 7.21. The molecule has 3 heterocycles. The van der Waals surface area contributed by atoms with E-state index in [4.69, 9.17) is 16.2 Å². The fourth-order valence-electron chi connectivity index (χ4n) is 4.06. The molecule has 32 heavy (non-hydrogen) atoms. The smallest absolute Gasteiger partial charge is 0.309 e. The molecule has 0 aliphatic carbocycles. The summed E-state index contributed by atoms with van der Waals surface area (Å²) in [5.74, 6) is -0.501. The van der Waals surface area contributed by atoms with Gasteiger partial charge in [-0.3, -0.25) is 9.59 Å². The summed E-state index contributed by atoms with van der Waals surface area (Å²) >= 11 is 1.17. The maximum absolute atomic E-state index is 13.3. The minimum absolute atomic E-state index is 0.106. The highest BCUT2D eigenvalue weighted by atomic mass is 32.1. The van der Waals surface area contributed by atoms with Gasteiger partial charge in [0, 0.05) is 24.0 Å². The van der Waals surface area contributed by atoms with Gasteiger partial charge in [-0.15, -0.1) is 11.3 Å². The summed E-state index contributed by atoms with van der Waals surface area (Å²) in [6, 6.07) is 11.5. The van der Waals surface area contributed by atoms with Gasteiger partial charge in [0.15, 0.2) is 0 Å². The lowest BCUT2D eigenvalue weighted by molar-refractivity contribution is -0.149. The number of benzene rings is 1. The van der Waals surface area contributed by atoms with Gasteiger partial charge in [0.25, 0.3) is 5.91 Å². The topological polar surface area (TPSA) is 135 Å². The molecule has 8 nitrogen and oxygen atoms in total. The van der Waals surface area contributed by atoms with Crippen molar-refractivity contribution in [3.8, 4) is 17.2 Å². The Kier molecular flexibility index (Phi) is 5.97. The Labute approximate surface area is 189 Å². The number of carbonyl (C=O) groups is 2. The highest BCUT2D eigenvalue weighted by Gasteiger charge is 2.31. The van der Waals surface area contributed by atoms with Gasteiger partial charge in [0.2, 0.25) is 0 Å². The molecule has 1 aromatic carbocycles. The third kappa shape index (κ3) is 3.74. The van der Waals surface area contributed by atoms with Crippen molar-refractivity contribution in [2.24, 2.45) is 5.92 Å². The maximum Gasteiger partial charge on any atom is 0.309 e. The zero-order valence-electron chi connectivity index (χ0n) is 17.6. The first kappa shape index (κ1) is 21.6. The number of rotatable bonds is 4. The number of hydrogen-bond donors (Lipinski definition) is 2. The Morgan fingerprint density at radius 2 is 1.94 bits per heavy atom. The van der Waals surface area contributed by atoms with Crippen molar-refractivity contribution in [2.75, 3.05) is 31.2 Å². The fourth-order valence-corrected chi connectivity index (χ4v) is 5.14. The number of amides is 1. The minimum Gasteiger partial charge on any atom is -0.466 e. The van der Waals surface area contributed by atoms with Crippen LogP contribution in [0.5, 0.6) is 0 Å². The molecule has 2 aromatic heterocycles. The summed E-state index contributed by atoms with van der Waals surface area (Å²) in [5.41, 5.74) is 14.4. The van der Waals surface area contributed by atoms with E-state index in [0.717, 1.165) is 5.56 Å². The number of thiophene rings is 1. The summed E-state index contributed by atoms with van der Waals surface area (Å²) in [6.07, 6.45) is 1.10. The molecule has 9 heteroatoms. The Hall–Kier alpha value is -3.64. The number of hydrogen-bond acceptors (Lipinski definition) is 8. The van der Waals surface area contributed by atoms with E-state index in [1.165, 1.54) is 11.3 Å². The van der Waals surface area contributed by atoms with Crippen LogP contribution >= 0.6 is 11.3 Å². The first-order chi connectivity index (χ1) is 15.5. The third-order valence-electron chi connectivity index (χ3n) is 5.68. The van der Waals surface area contributed by atoms with Gasteiger partial charge < -0.3 is 21.1 Å². The average molecular weight is 450 g/mol. The summed E-state index contributed by atoms with van der Waals surface area (Å²) < 4.78 is 5.10. The van der Waals surface area contributed by atoms with Crippen LogP contribution in [0.3, 0.4) is 0 Å². The van der Waals surface area contributed by atoms with Gasteiger partial charge in [-0.1, -0.05) is 30.3 Å². The molecule has 0 bridgehead atoms. The van der Waals surface area contributed by atoms with Crippen LogP contribution in [0.1, 0.15) is 35.0 Å². The molecule has 3 aromatic rings. The van der Waals surface area contributed by atoms with Crippen LogP contribution < -0.4 is 11.5 Å². The molecule has 1 amide bonds. The average Bonchev–Trinajstić information content (AvgIpc) is 3.14. The molecule has 4 N–H and O–H groups in total. The van der Waals surface area contributed by atoms with Crippen LogP contribution in [0.4, 0.5) is 11.5 Å². The highest BCUT2D eigenvalue weighted by Crippen LogP contribution is 2.43. The first-order valence-corrected chi connectivity index (χ1v) is 11.2. The molecule has 0 atom stereocenters. The molecule has 4 rings (SSSR count). The van der Waals surface area contributed by atoms with Gasteiger partial charge in [0.1, 0.15) is 27.2 Å². The molecule has 164 valence electrons. The van der Waals surface area contributed by atoms with Crippen molar-refractivity contribution in [3.63, 3.8) is 0 Å². The summed E-state index contributed by atoms with van der Waals surface area (Å²) in [7, 11) is 0. The lowest BCUT2D eigenvalue weighted by atomic mass is 9.96. The van der Waals surface area contributed by atoms with Crippen molar-refractivity contribution >= 4 is 44.9 Å². The van der Waals surface area contributed by atoms with E-state index in [-0.39, 0.29) is 29.2 Å². The van der Waals surface area contributed by atoms with Crippen LogP contribution in [-0.2, 0) is 9.53 Å². The minimum atomic E-state index is -0.211. The van der Waals surface area contributed by atoms with Crippen LogP contribution in [-0.4, -0.2) is 41.5 Å². The van der Waals surface area contributed by atoms with Crippen molar-refractivity contribution in [1.29, 1.82) is 5.26 Å². The number of anilines is 2. The van der Waals surface area contributed by atoms with Crippen LogP contribution in [0, 0.1) is 17.2 Å². The van der Waals surface area contributed by atoms with Crippen molar-refractivity contribution in [1.82, 2.24) is 9.88 Å². The van der Waals surface area contributed by atoms with Crippen LogP contribution in [0.2, 0.25) is 0 Å². The summed E-state index contributed by atoms with van der Waals surface area (Å²) in [5, 5.41) is 10.3. The van der Waals surface area contributed by atoms with E-state index in [1.807, 2.05) is 30.3 Å². The van der Waals surface area contributed by atoms with Gasteiger partial charge in [-0.05, 0) is 25.3 Å². The number of nitrogen functional groups attached to an aromatic ring is 2. The lowest BCUT2D eigenvalue weighted by Gasteiger charge is -2.30. The zero-order chi connectivity index (χ0) is 22.8. The number of pyridine rings is 1. The van der Waals surface area contributed by atoms with E-state index in [2.05, 4.69) is 11.1 Å². The Bertz CT molecular complexity index is 1220. The predicted octanol–water partition coefficient (Wildman–Crippen LogP) is 3.41. The van der Waals surface area contributed by atoms with Gasteiger partial charge in [-0.25, -0.2) is 4.98 Å². The summed E-state index contributed by atoms with van der Waals surface area (Å²) in [6.45, 7) is 3.02.